The van der Waals surface area contributed by atoms with Crippen molar-refractivity contribution in [2.75, 3.05) is 44.2 Å². The zero-order valence-corrected chi connectivity index (χ0v) is 20.1. The highest BCUT2D eigenvalue weighted by atomic mass is 16.7. The van der Waals surface area contributed by atoms with Crippen LogP contribution in [0.5, 0.6) is 23.0 Å². The highest BCUT2D eigenvalue weighted by Crippen LogP contribution is 2.35. The van der Waals surface area contributed by atoms with Gasteiger partial charge in [0.15, 0.2) is 11.5 Å². The highest BCUT2D eigenvalue weighted by molar-refractivity contribution is 5.91. The number of pyridine rings is 1. The molecular formula is C28H30N4O3. The summed E-state index contributed by atoms with van der Waals surface area (Å²) < 4.78 is 17.1. The Kier molecular flexibility index (Phi) is 6.86. The summed E-state index contributed by atoms with van der Waals surface area (Å²) in [5, 5.41) is 8.11. The Morgan fingerprint density at radius 1 is 0.943 bits per heavy atom. The molecule has 0 aliphatic carbocycles. The maximum absolute atomic E-state index is 6.09. The van der Waals surface area contributed by atoms with Gasteiger partial charge in [-0.15, -0.1) is 0 Å². The van der Waals surface area contributed by atoms with Crippen LogP contribution in [0, 0.1) is 0 Å². The van der Waals surface area contributed by atoms with Crippen LogP contribution >= 0.6 is 0 Å². The van der Waals surface area contributed by atoms with Gasteiger partial charge in [-0.25, -0.2) is 0 Å². The number of benzene rings is 3. The molecule has 5 rings (SSSR count). The molecule has 2 N–H and O–H groups in total. The number of rotatable bonds is 10. The topological polar surface area (TPSA) is 67.9 Å². The normalized spacial score (nSPS) is 12.1. The van der Waals surface area contributed by atoms with Gasteiger partial charge in [-0.2, -0.15) is 0 Å². The molecule has 0 fully saturated rings. The number of hydrogen-bond donors (Lipinski definition) is 2. The van der Waals surface area contributed by atoms with Gasteiger partial charge in [0.2, 0.25) is 6.79 Å². The first-order valence-electron chi connectivity index (χ1n) is 11.8. The van der Waals surface area contributed by atoms with E-state index in [1.807, 2.05) is 68.8 Å². The number of para-hydroxylation sites is 1. The summed E-state index contributed by atoms with van der Waals surface area (Å²) in [7, 11) is 4.03. The molecule has 0 bridgehead atoms. The Morgan fingerprint density at radius 2 is 1.83 bits per heavy atom. The van der Waals surface area contributed by atoms with E-state index in [0.717, 1.165) is 76.9 Å². The number of nitrogens with one attached hydrogen (secondary N) is 2. The molecule has 3 aromatic carbocycles. The molecule has 1 aromatic heterocycles. The van der Waals surface area contributed by atoms with Crippen LogP contribution in [0.4, 0.5) is 11.4 Å². The average Bonchev–Trinajstić information content (AvgIpc) is 3.36. The van der Waals surface area contributed by atoms with Gasteiger partial charge < -0.3 is 29.7 Å². The fraction of sp³-hybridized carbons (Fsp3) is 0.250. The van der Waals surface area contributed by atoms with Crippen LogP contribution in [0.2, 0.25) is 0 Å². The molecule has 0 spiro atoms. The van der Waals surface area contributed by atoms with E-state index in [2.05, 4.69) is 38.7 Å². The third-order valence-electron chi connectivity index (χ3n) is 5.92. The number of fused-ring (bicyclic) bond motifs is 2. The minimum absolute atomic E-state index is 0.299. The third-order valence-corrected chi connectivity index (χ3v) is 5.92. The Labute approximate surface area is 205 Å². The summed E-state index contributed by atoms with van der Waals surface area (Å²) in [4.78, 5) is 6.60. The second kappa shape index (κ2) is 10.5. The van der Waals surface area contributed by atoms with Crippen molar-refractivity contribution in [1.82, 2.24) is 10.3 Å². The van der Waals surface area contributed by atoms with Crippen molar-refractivity contribution >= 4 is 22.3 Å². The van der Waals surface area contributed by atoms with Crippen LogP contribution in [0.25, 0.3) is 10.9 Å². The van der Waals surface area contributed by atoms with E-state index in [1.165, 1.54) is 0 Å². The van der Waals surface area contributed by atoms with Gasteiger partial charge in [-0.05, 0) is 49.4 Å². The van der Waals surface area contributed by atoms with Gasteiger partial charge in [-0.3, -0.25) is 4.98 Å². The molecule has 0 saturated heterocycles. The standard InChI is InChI=1S/C28H30N4O3/c1-32(2)21-7-4-8-22(16-21)35-23-10-11-24-25(12-15-31-26(24)17-23)30-14-5-13-29-18-20-6-3-9-27-28(20)34-19-33-27/h3-4,6-12,15-17,29H,5,13-14,18-19H2,1-2H3,(H,30,31). The lowest BCUT2D eigenvalue weighted by Gasteiger charge is -2.14. The number of nitrogens with zero attached hydrogens (tertiary/aromatic N) is 2. The number of ether oxygens (including phenoxy) is 3. The van der Waals surface area contributed by atoms with Crippen molar-refractivity contribution < 1.29 is 14.2 Å². The molecule has 35 heavy (non-hydrogen) atoms. The Balaban J connectivity index is 1.14. The van der Waals surface area contributed by atoms with E-state index >= 15 is 0 Å². The second-order valence-electron chi connectivity index (χ2n) is 8.64. The lowest BCUT2D eigenvalue weighted by atomic mass is 10.1. The van der Waals surface area contributed by atoms with Crippen molar-refractivity contribution in [2.24, 2.45) is 0 Å². The van der Waals surface area contributed by atoms with Crippen LogP contribution in [0.3, 0.4) is 0 Å². The zero-order chi connectivity index (χ0) is 24.0. The second-order valence-corrected chi connectivity index (χ2v) is 8.64. The summed E-state index contributed by atoms with van der Waals surface area (Å²) in [6.45, 7) is 2.80. The fourth-order valence-corrected chi connectivity index (χ4v) is 4.10. The van der Waals surface area contributed by atoms with Gasteiger partial charge in [0.25, 0.3) is 0 Å². The van der Waals surface area contributed by atoms with Gasteiger partial charge in [-0.1, -0.05) is 18.2 Å². The first-order chi connectivity index (χ1) is 17.2. The SMILES string of the molecule is CN(C)c1cccc(Oc2ccc3c(NCCCNCc4cccc5c4OCO5)ccnc3c2)c1. The minimum Gasteiger partial charge on any atom is -0.457 e. The molecule has 7 heteroatoms. The molecule has 0 saturated carbocycles. The maximum Gasteiger partial charge on any atom is 0.231 e. The third kappa shape index (κ3) is 5.41. The smallest absolute Gasteiger partial charge is 0.231 e. The van der Waals surface area contributed by atoms with E-state index in [9.17, 15) is 0 Å². The van der Waals surface area contributed by atoms with E-state index in [-0.39, 0.29) is 0 Å². The molecule has 0 amide bonds. The van der Waals surface area contributed by atoms with Crippen molar-refractivity contribution in [3.8, 4) is 23.0 Å². The van der Waals surface area contributed by atoms with E-state index < -0.39 is 0 Å². The molecule has 2 heterocycles. The van der Waals surface area contributed by atoms with Crippen molar-refractivity contribution in [3.63, 3.8) is 0 Å². The fourth-order valence-electron chi connectivity index (χ4n) is 4.10. The average molecular weight is 471 g/mol. The van der Waals surface area contributed by atoms with Crippen LogP contribution in [-0.2, 0) is 6.54 Å². The number of hydrogen-bond acceptors (Lipinski definition) is 7. The van der Waals surface area contributed by atoms with E-state index in [4.69, 9.17) is 14.2 Å². The first kappa shape index (κ1) is 22.8. The number of aromatic nitrogens is 1. The van der Waals surface area contributed by atoms with Crippen LogP contribution < -0.4 is 29.7 Å². The zero-order valence-electron chi connectivity index (χ0n) is 20.1. The van der Waals surface area contributed by atoms with Crippen molar-refractivity contribution in [2.45, 2.75) is 13.0 Å². The first-order valence-corrected chi connectivity index (χ1v) is 11.8. The summed E-state index contributed by atoms with van der Waals surface area (Å²) in [6.07, 6.45) is 2.82. The minimum atomic E-state index is 0.299. The van der Waals surface area contributed by atoms with E-state index in [1.54, 1.807) is 0 Å². The molecule has 0 radical (unpaired) electrons. The summed E-state index contributed by atoms with van der Waals surface area (Å²) in [6, 6.07) is 22.1. The Morgan fingerprint density at radius 3 is 2.74 bits per heavy atom. The Bertz CT molecular complexity index is 1310. The molecule has 180 valence electrons. The molecule has 0 atom stereocenters. The molecular weight excluding hydrogens is 440 g/mol. The van der Waals surface area contributed by atoms with Gasteiger partial charge in [0.1, 0.15) is 11.5 Å². The maximum atomic E-state index is 6.09. The summed E-state index contributed by atoms with van der Waals surface area (Å²) in [5.41, 5.74) is 4.19. The van der Waals surface area contributed by atoms with Crippen molar-refractivity contribution in [3.05, 3.63) is 78.5 Å². The van der Waals surface area contributed by atoms with Crippen LogP contribution in [-0.4, -0.2) is 39.0 Å². The molecule has 1 aliphatic rings. The molecule has 7 nitrogen and oxygen atoms in total. The summed E-state index contributed by atoms with van der Waals surface area (Å²) in [5.74, 6) is 3.25. The predicted octanol–water partition coefficient (Wildman–Crippen LogP) is 5.41. The van der Waals surface area contributed by atoms with Gasteiger partial charge in [0.05, 0.1) is 5.52 Å². The van der Waals surface area contributed by atoms with Crippen molar-refractivity contribution in [1.29, 1.82) is 0 Å². The largest absolute Gasteiger partial charge is 0.457 e. The van der Waals surface area contributed by atoms with Gasteiger partial charge in [0, 0.05) is 67.8 Å². The van der Waals surface area contributed by atoms with Crippen LogP contribution in [0.15, 0.2) is 72.9 Å². The Hall–Kier alpha value is -3.97. The van der Waals surface area contributed by atoms with Gasteiger partial charge >= 0.3 is 0 Å². The molecule has 4 aromatic rings. The predicted molar refractivity (Wildman–Crippen MR) is 140 cm³/mol. The number of anilines is 2. The molecule has 0 unspecified atom stereocenters. The van der Waals surface area contributed by atoms with E-state index in [0.29, 0.717) is 6.79 Å². The lowest BCUT2D eigenvalue weighted by Crippen LogP contribution is -2.18. The quantitative estimate of drug-likeness (QED) is 0.300. The molecule has 1 aliphatic heterocycles. The highest BCUT2D eigenvalue weighted by Gasteiger charge is 2.16. The monoisotopic (exact) mass is 470 g/mol. The van der Waals surface area contributed by atoms with Crippen LogP contribution in [0.1, 0.15) is 12.0 Å². The summed E-state index contributed by atoms with van der Waals surface area (Å²) >= 11 is 0. The lowest BCUT2D eigenvalue weighted by molar-refractivity contribution is 0.173.